The number of aryl methyl sites for hydroxylation is 1. The minimum absolute atomic E-state index is 0.272. The fourth-order valence-electron chi connectivity index (χ4n) is 1.19. The van der Waals surface area contributed by atoms with Crippen molar-refractivity contribution in [2.24, 2.45) is 0 Å². The number of amides is 1. The molecule has 80 valence electrons. The summed E-state index contributed by atoms with van der Waals surface area (Å²) in [4.78, 5) is 22.0. The summed E-state index contributed by atoms with van der Waals surface area (Å²) in [6.45, 7) is 3.16. The number of anilines is 1. The smallest absolute Gasteiger partial charge is 0.258 e. The van der Waals surface area contributed by atoms with Gasteiger partial charge in [-0.2, -0.15) is 5.06 Å². The van der Waals surface area contributed by atoms with Gasteiger partial charge in [0, 0.05) is 0 Å². The van der Waals surface area contributed by atoms with Crippen LogP contribution in [0.2, 0.25) is 0 Å². The van der Waals surface area contributed by atoms with E-state index in [1.807, 2.05) is 13.0 Å². The number of carbonyl (C=O) groups is 2. The summed E-state index contributed by atoms with van der Waals surface area (Å²) < 4.78 is 0. The van der Waals surface area contributed by atoms with E-state index in [4.69, 9.17) is 0 Å². The van der Waals surface area contributed by atoms with Crippen LogP contribution in [0.1, 0.15) is 18.9 Å². The van der Waals surface area contributed by atoms with Crippen LogP contribution >= 0.6 is 0 Å². The molecule has 1 aromatic rings. The number of benzene rings is 1. The Labute approximate surface area is 88.1 Å². The lowest BCUT2D eigenvalue weighted by Gasteiger charge is -2.14. The Bertz CT molecular complexity index is 387. The van der Waals surface area contributed by atoms with Crippen molar-refractivity contribution in [3.8, 4) is 0 Å². The van der Waals surface area contributed by atoms with Crippen molar-refractivity contribution >= 4 is 17.4 Å². The van der Waals surface area contributed by atoms with Gasteiger partial charge in [0.1, 0.15) is 5.78 Å². The second-order valence-corrected chi connectivity index (χ2v) is 3.42. The van der Waals surface area contributed by atoms with Crippen LogP contribution in [0.15, 0.2) is 24.3 Å². The quantitative estimate of drug-likeness (QED) is 0.466. The molecule has 1 N–H and O–H groups in total. The van der Waals surface area contributed by atoms with E-state index < -0.39 is 5.91 Å². The topological polar surface area (TPSA) is 57.6 Å². The first-order valence-electron chi connectivity index (χ1n) is 4.58. The lowest BCUT2D eigenvalue weighted by Crippen LogP contribution is -2.28. The summed E-state index contributed by atoms with van der Waals surface area (Å²) in [5.41, 5.74) is 1.31. The van der Waals surface area contributed by atoms with Crippen molar-refractivity contribution in [2.45, 2.75) is 20.3 Å². The van der Waals surface area contributed by atoms with E-state index in [0.717, 1.165) is 5.56 Å². The maximum Gasteiger partial charge on any atom is 0.258 e. The molecule has 0 atom stereocenters. The summed E-state index contributed by atoms with van der Waals surface area (Å²) in [7, 11) is 0. The van der Waals surface area contributed by atoms with Crippen LogP contribution in [-0.2, 0) is 9.59 Å². The lowest BCUT2D eigenvalue weighted by molar-refractivity contribution is -0.128. The van der Waals surface area contributed by atoms with E-state index in [2.05, 4.69) is 0 Å². The zero-order valence-corrected chi connectivity index (χ0v) is 8.73. The van der Waals surface area contributed by atoms with E-state index >= 15 is 0 Å². The van der Waals surface area contributed by atoms with Gasteiger partial charge >= 0.3 is 0 Å². The summed E-state index contributed by atoms with van der Waals surface area (Å²) in [5, 5.41) is 10.0. The van der Waals surface area contributed by atoms with Crippen molar-refractivity contribution in [3.63, 3.8) is 0 Å². The first kappa shape index (κ1) is 11.4. The Hall–Kier alpha value is -1.68. The van der Waals surface area contributed by atoms with Crippen LogP contribution in [0.4, 0.5) is 5.69 Å². The van der Waals surface area contributed by atoms with E-state index in [-0.39, 0.29) is 12.2 Å². The molecule has 1 amide bonds. The molecule has 0 saturated heterocycles. The van der Waals surface area contributed by atoms with Gasteiger partial charge in [0.2, 0.25) is 0 Å². The van der Waals surface area contributed by atoms with Crippen LogP contribution in [0.3, 0.4) is 0 Å². The third-order valence-corrected chi connectivity index (χ3v) is 1.88. The molecule has 0 saturated carbocycles. The van der Waals surface area contributed by atoms with Crippen molar-refractivity contribution < 1.29 is 14.8 Å². The molecule has 0 fully saturated rings. The van der Waals surface area contributed by atoms with Crippen LogP contribution in [0, 0.1) is 6.92 Å². The Balaban J connectivity index is 2.80. The van der Waals surface area contributed by atoms with E-state index in [1.165, 1.54) is 6.92 Å². The fourth-order valence-corrected chi connectivity index (χ4v) is 1.19. The highest BCUT2D eigenvalue weighted by molar-refractivity contribution is 6.03. The first-order valence-corrected chi connectivity index (χ1v) is 4.58. The molecule has 0 heterocycles. The molecule has 0 bridgehead atoms. The molecule has 0 aliphatic carbocycles. The Morgan fingerprint density at radius 1 is 1.40 bits per heavy atom. The minimum atomic E-state index is -0.617. The van der Waals surface area contributed by atoms with Crippen LogP contribution in [-0.4, -0.2) is 16.9 Å². The number of nitrogens with zero attached hydrogens (tertiary/aromatic N) is 1. The standard InChI is InChI=1S/C11H13NO3/c1-8-4-3-5-10(6-8)12(15)11(14)7-9(2)13/h3-6,15H,7H2,1-2H3. The second-order valence-electron chi connectivity index (χ2n) is 3.42. The second kappa shape index (κ2) is 4.70. The van der Waals surface area contributed by atoms with Crippen LogP contribution in [0.5, 0.6) is 0 Å². The molecule has 0 spiro atoms. The van der Waals surface area contributed by atoms with Crippen molar-refractivity contribution in [1.82, 2.24) is 0 Å². The molecule has 1 rings (SSSR count). The van der Waals surface area contributed by atoms with Crippen molar-refractivity contribution in [1.29, 1.82) is 0 Å². The average Bonchev–Trinajstić information content (AvgIpc) is 2.15. The average molecular weight is 207 g/mol. The maximum absolute atomic E-state index is 11.3. The highest BCUT2D eigenvalue weighted by atomic mass is 16.5. The SMILES string of the molecule is CC(=O)CC(=O)N(O)c1cccc(C)c1. The number of carbonyl (C=O) groups excluding carboxylic acids is 2. The minimum Gasteiger partial charge on any atom is -0.299 e. The summed E-state index contributed by atoms with van der Waals surface area (Å²) in [6, 6.07) is 6.85. The molecule has 4 heteroatoms. The van der Waals surface area contributed by atoms with Crippen molar-refractivity contribution in [2.75, 3.05) is 5.06 Å². The molecule has 0 aliphatic heterocycles. The third-order valence-electron chi connectivity index (χ3n) is 1.88. The first-order chi connectivity index (χ1) is 7.00. The molecule has 0 aliphatic rings. The van der Waals surface area contributed by atoms with Gasteiger partial charge in [-0.05, 0) is 31.5 Å². The summed E-state index contributed by atoms with van der Waals surface area (Å²) in [6.07, 6.45) is -0.287. The van der Waals surface area contributed by atoms with Gasteiger partial charge in [-0.3, -0.25) is 14.8 Å². The van der Waals surface area contributed by atoms with Gasteiger partial charge in [-0.15, -0.1) is 0 Å². The van der Waals surface area contributed by atoms with Gasteiger partial charge in [0.05, 0.1) is 12.1 Å². The highest BCUT2D eigenvalue weighted by Crippen LogP contribution is 2.14. The van der Waals surface area contributed by atoms with Gasteiger partial charge < -0.3 is 0 Å². The number of hydroxylamine groups is 1. The Morgan fingerprint density at radius 2 is 2.07 bits per heavy atom. The maximum atomic E-state index is 11.3. The molecule has 15 heavy (non-hydrogen) atoms. The molecule has 1 aromatic carbocycles. The highest BCUT2D eigenvalue weighted by Gasteiger charge is 2.14. The van der Waals surface area contributed by atoms with E-state index in [9.17, 15) is 14.8 Å². The molecule has 4 nitrogen and oxygen atoms in total. The van der Waals surface area contributed by atoms with Gasteiger partial charge in [0.15, 0.2) is 0 Å². The molecule has 0 unspecified atom stereocenters. The predicted octanol–water partition coefficient (Wildman–Crippen LogP) is 1.70. The molecular formula is C11H13NO3. The molecular weight excluding hydrogens is 194 g/mol. The lowest BCUT2D eigenvalue weighted by atomic mass is 10.2. The zero-order valence-electron chi connectivity index (χ0n) is 8.73. The van der Waals surface area contributed by atoms with Gasteiger partial charge in [-0.25, -0.2) is 0 Å². The number of Topliss-reactive ketones (excluding diaryl/α,β-unsaturated/α-hetero) is 1. The third kappa shape index (κ3) is 3.18. The van der Waals surface area contributed by atoms with Gasteiger partial charge in [-0.1, -0.05) is 12.1 Å². The Morgan fingerprint density at radius 3 is 2.60 bits per heavy atom. The van der Waals surface area contributed by atoms with Crippen molar-refractivity contribution in [3.05, 3.63) is 29.8 Å². The zero-order chi connectivity index (χ0) is 11.4. The normalized spacial score (nSPS) is 9.80. The monoisotopic (exact) mass is 207 g/mol. The van der Waals surface area contributed by atoms with Crippen LogP contribution < -0.4 is 5.06 Å². The van der Waals surface area contributed by atoms with Crippen LogP contribution in [0.25, 0.3) is 0 Å². The predicted molar refractivity (Wildman–Crippen MR) is 55.7 cm³/mol. The number of rotatable bonds is 3. The summed E-state index contributed by atoms with van der Waals surface area (Å²) >= 11 is 0. The number of ketones is 1. The van der Waals surface area contributed by atoms with Gasteiger partial charge in [0.25, 0.3) is 5.91 Å². The molecule has 0 aromatic heterocycles. The largest absolute Gasteiger partial charge is 0.299 e. The number of hydrogen-bond acceptors (Lipinski definition) is 3. The summed E-state index contributed by atoms with van der Waals surface area (Å²) in [5.74, 6) is -0.889. The van der Waals surface area contributed by atoms with E-state index in [1.54, 1.807) is 18.2 Å². The Kier molecular flexibility index (Phi) is 3.57. The molecule has 0 radical (unpaired) electrons. The fraction of sp³-hybridized carbons (Fsp3) is 0.273. The number of hydrogen-bond donors (Lipinski definition) is 1. The van der Waals surface area contributed by atoms with E-state index in [0.29, 0.717) is 10.8 Å².